The highest BCUT2D eigenvalue weighted by Crippen LogP contribution is 2.31. The topological polar surface area (TPSA) is 31.9 Å². The predicted octanol–water partition coefficient (Wildman–Crippen LogP) is 2.37. The monoisotopic (exact) mass is 215 g/mol. The number of H-pyrrole nitrogens is 1. The molecule has 3 nitrogen and oxygen atoms in total. The Morgan fingerprint density at radius 3 is 3.12 bits per heavy atom. The van der Waals surface area contributed by atoms with Crippen molar-refractivity contribution in [1.82, 2.24) is 15.1 Å². The number of nitrogens with one attached hydrogen (secondary N) is 1. The number of hydrogen-bond acceptors (Lipinski definition) is 2. The standard InChI is InChI=1S/C13H17N3/c1-2-6-16-8-10(9-16)11-4-3-5-13-12(11)7-14-15-13/h3-5,7,10H,2,6,8-9H2,1H3,(H,14,15). The number of aromatic amines is 1. The average molecular weight is 215 g/mol. The van der Waals surface area contributed by atoms with E-state index in [4.69, 9.17) is 0 Å². The molecule has 84 valence electrons. The van der Waals surface area contributed by atoms with Crippen molar-refractivity contribution in [1.29, 1.82) is 0 Å². The van der Waals surface area contributed by atoms with Crippen LogP contribution < -0.4 is 0 Å². The van der Waals surface area contributed by atoms with Crippen LogP contribution in [0.2, 0.25) is 0 Å². The molecule has 1 aromatic heterocycles. The van der Waals surface area contributed by atoms with Gasteiger partial charge in [-0.05, 0) is 24.6 Å². The zero-order chi connectivity index (χ0) is 11.0. The van der Waals surface area contributed by atoms with Crippen molar-refractivity contribution in [3.8, 4) is 0 Å². The van der Waals surface area contributed by atoms with Crippen molar-refractivity contribution in [2.75, 3.05) is 19.6 Å². The molecular formula is C13H17N3. The summed E-state index contributed by atoms with van der Waals surface area (Å²) >= 11 is 0. The van der Waals surface area contributed by atoms with E-state index in [1.54, 1.807) is 0 Å². The molecule has 0 aliphatic carbocycles. The van der Waals surface area contributed by atoms with Crippen LogP contribution in [0.5, 0.6) is 0 Å². The van der Waals surface area contributed by atoms with Gasteiger partial charge in [-0.1, -0.05) is 19.1 Å². The van der Waals surface area contributed by atoms with Gasteiger partial charge in [0, 0.05) is 24.4 Å². The lowest BCUT2D eigenvalue weighted by molar-refractivity contribution is 0.149. The van der Waals surface area contributed by atoms with E-state index in [1.165, 1.54) is 37.0 Å². The second-order valence-corrected chi connectivity index (χ2v) is 4.63. The van der Waals surface area contributed by atoms with Gasteiger partial charge in [0.1, 0.15) is 0 Å². The van der Waals surface area contributed by atoms with E-state index < -0.39 is 0 Å². The van der Waals surface area contributed by atoms with Crippen LogP contribution in [0, 0.1) is 0 Å². The van der Waals surface area contributed by atoms with Gasteiger partial charge in [-0.25, -0.2) is 0 Å². The van der Waals surface area contributed by atoms with E-state index in [9.17, 15) is 0 Å². The molecule has 16 heavy (non-hydrogen) atoms. The van der Waals surface area contributed by atoms with Crippen molar-refractivity contribution >= 4 is 10.9 Å². The molecule has 0 amide bonds. The molecule has 1 saturated heterocycles. The van der Waals surface area contributed by atoms with Crippen LogP contribution in [0.15, 0.2) is 24.4 Å². The first-order chi connectivity index (χ1) is 7.88. The van der Waals surface area contributed by atoms with Gasteiger partial charge in [-0.3, -0.25) is 5.10 Å². The average Bonchev–Trinajstić information content (AvgIpc) is 2.70. The molecule has 1 fully saturated rings. The van der Waals surface area contributed by atoms with Gasteiger partial charge in [0.05, 0.1) is 11.7 Å². The smallest absolute Gasteiger partial charge is 0.0653 e. The summed E-state index contributed by atoms with van der Waals surface area (Å²) in [4.78, 5) is 2.52. The Morgan fingerprint density at radius 1 is 1.44 bits per heavy atom. The second kappa shape index (κ2) is 3.91. The van der Waals surface area contributed by atoms with E-state index in [2.05, 4.69) is 40.2 Å². The summed E-state index contributed by atoms with van der Waals surface area (Å²) in [7, 11) is 0. The zero-order valence-electron chi connectivity index (χ0n) is 9.61. The predicted molar refractivity (Wildman–Crippen MR) is 65.6 cm³/mol. The fourth-order valence-electron chi connectivity index (χ4n) is 2.61. The number of nitrogens with zero attached hydrogens (tertiary/aromatic N) is 2. The first-order valence-electron chi connectivity index (χ1n) is 6.03. The van der Waals surface area contributed by atoms with Crippen molar-refractivity contribution in [3.63, 3.8) is 0 Å². The molecule has 0 radical (unpaired) electrons. The maximum Gasteiger partial charge on any atom is 0.0653 e. The van der Waals surface area contributed by atoms with E-state index in [1.807, 2.05) is 6.20 Å². The summed E-state index contributed by atoms with van der Waals surface area (Å²) in [6.07, 6.45) is 3.20. The van der Waals surface area contributed by atoms with Gasteiger partial charge in [0.25, 0.3) is 0 Å². The molecular weight excluding hydrogens is 198 g/mol. The highest BCUT2D eigenvalue weighted by molar-refractivity contribution is 5.82. The number of benzene rings is 1. The second-order valence-electron chi connectivity index (χ2n) is 4.63. The Bertz CT molecular complexity index is 483. The van der Waals surface area contributed by atoms with Gasteiger partial charge in [0.2, 0.25) is 0 Å². The molecule has 0 bridgehead atoms. The number of likely N-dealkylation sites (tertiary alicyclic amines) is 1. The summed E-state index contributed by atoms with van der Waals surface area (Å²) in [5, 5.41) is 8.45. The summed E-state index contributed by atoms with van der Waals surface area (Å²) < 4.78 is 0. The Kier molecular flexibility index (Phi) is 2.40. The quantitative estimate of drug-likeness (QED) is 0.852. The lowest BCUT2D eigenvalue weighted by atomic mass is 9.89. The number of aromatic nitrogens is 2. The lowest BCUT2D eigenvalue weighted by Crippen LogP contribution is -2.45. The van der Waals surface area contributed by atoms with Crippen molar-refractivity contribution in [2.45, 2.75) is 19.3 Å². The molecule has 2 aromatic rings. The third kappa shape index (κ3) is 1.52. The molecule has 0 spiro atoms. The first kappa shape index (κ1) is 9.85. The largest absolute Gasteiger partial charge is 0.302 e. The fraction of sp³-hybridized carbons (Fsp3) is 0.462. The summed E-state index contributed by atoms with van der Waals surface area (Å²) in [6.45, 7) is 5.89. The van der Waals surface area contributed by atoms with E-state index in [0.29, 0.717) is 5.92 Å². The van der Waals surface area contributed by atoms with Crippen LogP contribution >= 0.6 is 0 Å². The number of fused-ring (bicyclic) bond motifs is 1. The molecule has 3 rings (SSSR count). The van der Waals surface area contributed by atoms with E-state index in [0.717, 1.165) is 5.52 Å². The van der Waals surface area contributed by atoms with Crippen LogP contribution in [-0.2, 0) is 0 Å². The van der Waals surface area contributed by atoms with Gasteiger partial charge in [-0.2, -0.15) is 5.10 Å². The number of hydrogen-bond donors (Lipinski definition) is 1. The maximum absolute atomic E-state index is 4.12. The molecule has 0 atom stereocenters. The molecule has 0 saturated carbocycles. The fourth-order valence-corrected chi connectivity index (χ4v) is 2.61. The summed E-state index contributed by atoms with van der Waals surface area (Å²) in [6, 6.07) is 6.46. The molecule has 3 heteroatoms. The van der Waals surface area contributed by atoms with Gasteiger partial charge < -0.3 is 4.90 Å². The minimum absolute atomic E-state index is 0.702. The van der Waals surface area contributed by atoms with Gasteiger partial charge >= 0.3 is 0 Å². The van der Waals surface area contributed by atoms with Crippen molar-refractivity contribution in [3.05, 3.63) is 30.0 Å². The van der Waals surface area contributed by atoms with Crippen LogP contribution in [0.1, 0.15) is 24.8 Å². The van der Waals surface area contributed by atoms with Crippen LogP contribution in [0.25, 0.3) is 10.9 Å². The zero-order valence-corrected chi connectivity index (χ0v) is 9.61. The minimum Gasteiger partial charge on any atom is -0.302 e. The SMILES string of the molecule is CCCN1CC(c2cccc3[nH]ncc23)C1. The molecule has 1 aromatic carbocycles. The third-order valence-electron chi connectivity index (χ3n) is 3.46. The Morgan fingerprint density at radius 2 is 2.31 bits per heavy atom. The van der Waals surface area contributed by atoms with Crippen molar-refractivity contribution < 1.29 is 0 Å². The lowest BCUT2D eigenvalue weighted by Gasteiger charge is -2.39. The third-order valence-corrected chi connectivity index (χ3v) is 3.46. The van der Waals surface area contributed by atoms with Crippen LogP contribution in [-0.4, -0.2) is 34.7 Å². The van der Waals surface area contributed by atoms with E-state index >= 15 is 0 Å². The van der Waals surface area contributed by atoms with Gasteiger partial charge in [-0.15, -0.1) is 0 Å². The molecule has 1 aliphatic heterocycles. The highest BCUT2D eigenvalue weighted by Gasteiger charge is 2.28. The minimum atomic E-state index is 0.702. The molecule has 1 N–H and O–H groups in total. The normalized spacial score (nSPS) is 17.8. The molecule has 2 heterocycles. The summed E-state index contributed by atoms with van der Waals surface area (Å²) in [5.41, 5.74) is 2.62. The van der Waals surface area contributed by atoms with Gasteiger partial charge in [0.15, 0.2) is 0 Å². The summed E-state index contributed by atoms with van der Waals surface area (Å²) in [5.74, 6) is 0.702. The molecule has 0 unspecified atom stereocenters. The highest BCUT2D eigenvalue weighted by atomic mass is 15.2. The maximum atomic E-state index is 4.12. The first-order valence-corrected chi connectivity index (χ1v) is 6.03. The Labute approximate surface area is 95.5 Å². The number of rotatable bonds is 3. The van der Waals surface area contributed by atoms with Crippen LogP contribution in [0.3, 0.4) is 0 Å². The Balaban J connectivity index is 1.83. The van der Waals surface area contributed by atoms with E-state index in [-0.39, 0.29) is 0 Å². The molecule has 1 aliphatic rings. The Hall–Kier alpha value is -1.35. The van der Waals surface area contributed by atoms with Crippen molar-refractivity contribution in [2.24, 2.45) is 0 Å². The van der Waals surface area contributed by atoms with Crippen LogP contribution in [0.4, 0.5) is 0 Å².